The summed E-state index contributed by atoms with van der Waals surface area (Å²) in [5, 5.41) is 8.14. The van der Waals surface area contributed by atoms with Crippen LogP contribution in [0.15, 0.2) is 0 Å². The summed E-state index contributed by atoms with van der Waals surface area (Å²) < 4.78 is 14.3. The van der Waals surface area contributed by atoms with Crippen LogP contribution in [0.2, 0.25) is 0 Å². The van der Waals surface area contributed by atoms with Gasteiger partial charge in [-0.05, 0) is 6.92 Å². The third-order valence-electron chi connectivity index (χ3n) is 0.834. The van der Waals surface area contributed by atoms with Crippen LogP contribution in [0.25, 0.3) is 0 Å². The first-order valence-electron chi connectivity index (χ1n) is 3.26. The highest BCUT2D eigenvalue weighted by Gasteiger charge is 1.85. The van der Waals surface area contributed by atoms with Gasteiger partial charge in [0, 0.05) is 6.61 Å². The molecule has 0 spiro atoms. The van der Waals surface area contributed by atoms with Crippen molar-refractivity contribution in [3.8, 4) is 0 Å². The predicted octanol–water partition coefficient (Wildman–Crippen LogP) is -0.0366. The molecular formula is C6H14O4. The molecule has 0 radical (unpaired) electrons. The van der Waals surface area contributed by atoms with Crippen LogP contribution >= 0.6 is 0 Å². The summed E-state index contributed by atoms with van der Waals surface area (Å²) in [6.07, 6.45) is 0. The van der Waals surface area contributed by atoms with Gasteiger partial charge in [-0.1, -0.05) is 0 Å². The number of ether oxygens (including phenoxy) is 3. The third-order valence-corrected chi connectivity index (χ3v) is 0.834. The molecule has 0 amide bonds. The summed E-state index contributed by atoms with van der Waals surface area (Å²) in [6, 6.07) is 0. The molecule has 0 atom stereocenters. The average Bonchev–Trinajstić information content (AvgIpc) is 1.97. The zero-order valence-corrected chi connectivity index (χ0v) is 6.21. The van der Waals surface area contributed by atoms with E-state index in [0.717, 1.165) is 0 Å². The van der Waals surface area contributed by atoms with Gasteiger partial charge in [0.1, 0.15) is 13.6 Å². The lowest BCUT2D eigenvalue weighted by molar-refractivity contribution is -0.115. The molecule has 0 rings (SSSR count). The highest BCUT2D eigenvalue weighted by Crippen LogP contribution is 1.78. The van der Waals surface area contributed by atoms with Crippen LogP contribution in [-0.2, 0) is 14.2 Å². The molecule has 62 valence electrons. The van der Waals surface area contributed by atoms with E-state index in [4.69, 9.17) is 14.6 Å². The maximum atomic E-state index is 8.14. The van der Waals surface area contributed by atoms with Crippen LogP contribution in [0.3, 0.4) is 0 Å². The van der Waals surface area contributed by atoms with E-state index in [1.165, 1.54) is 0 Å². The van der Waals surface area contributed by atoms with Crippen LogP contribution in [-0.4, -0.2) is 38.5 Å². The summed E-state index contributed by atoms with van der Waals surface area (Å²) in [4.78, 5) is 0. The van der Waals surface area contributed by atoms with Crippen molar-refractivity contribution in [3.63, 3.8) is 0 Å². The molecule has 0 saturated heterocycles. The maximum Gasteiger partial charge on any atom is 0.149 e. The van der Waals surface area contributed by atoms with Gasteiger partial charge in [-0.2, -0.15) is 0 Å². The van der Waals surface area contributed by atoms with Crippen LogP contribution in [0.5, 0.6) is 0 Å². The predicted molar refractivity (Wildman–Crippen MR) is 35.5 cm³/mol. The molecule has 0 unspecified atom stereocenters. The van der Waals surface area contributed by atoms with Crippen molar-refractivity contribution in [2.24, 2.45) is 0 Å². The summed E-state index contributed by atoms with van der Waals surface area (Å²) in [6.45, 7) is 3.53. The lowest BCUT2D eigenvalue weighted by Gasteiger charge is -2.02. The lowest BCUT2D eigenvalue weighted by atomic mass is 10.7. The van der Waals surface area contributed by atoms with E-state index in [0.29, 0.717) is 19.8 Å². The van der Waals surface area contributed by atoms with Crippen molar-refractivity contribution in [1.82, 2.24) is 0 Å². The van der Waals surface area contributed by atoms with Crippen molar-refractivity contribution in [2.45, 2.75) is 6.92 Å². The molecule has 0 bridgehead atoms. The average molecular weight is 150 g/mol. The second-order valence-electron chi connectivity index (χ2n) is 1.56. The van der Waals surface area contributed by atoms with E-state index in [-0.39, 0.29) is 13.6 Å². The fourth-order valence-corrected chi connectivity index (χ4v) is 0.417. The van der Waals surface area contributed by atoms with Crippen molar-refractivity contribution in [1.29, 1.82) is 0 Å². The van der Waals surface area contributed by atoms with Crippen molar-refractivity contribution < 1.29 is 19.3 Å². The molecule has 0 aliphatic heterocycles. The Morgan fingerprint density at radius 3 is 2.40 bits per heavy atom. The zero-order chi connectivity index (χ0) is 7.66. The highest BCUT2D eigenvalue weighted by molar-refractivity contribution is 4.23. The number of aliphatic hydroxyl groups is 1. The second-order valence-corrected chi connectivity index (χ2v) is 1.56. The first kappa shape index (κ1) is 9.84. The fourth-order valence-electron chi connectivity index (χ4n) is 0.417. The molecule has 4 nitrogen and oxygen atoms in total. The number of hydrogen-bond acceptors (Lipinski definition) is 4. The molecule has 10 heavy (non-hydrogen) atoms. The van der Waals surface area contributed by atoms with Gasteiger partial charge in [0.05, 0.1) is 13.2 Å². The minimum Gasteiger partial charge on any atom is -0.379 e. The number of hydrogen-bond donors (Lipinski definition) is 1. The summed E-state index contributed by atoms with van der Waals surface area (Å²) in [5.74, 6) is 0. The Kier molecular flexibility index (Phi) is 8.70. The monoisotopic (exact) mass is 150 g/mol. The van der Waals surface area contributed by atoms with E-state index < -0.39 is 0 Å². The molecular weight excluding hydrogens is 136 g/mol. The van der Waals surface area contributed by atoms with Crippen LogP contribution in [0.1, 0.15) is 6.92 Å². The lowest BCUT2D eigenvalue weighted by Crippen LogP contribution is -2.07. The smallest absolute Gasteiger partial charge is 0.149 e. The van der Waals surface area contributed by atoms with E-state index in [9.17, 15) is 0 Å². The first-order chi connectivity index (χ1) is 4.91. The van der Waals surface area contributed by atoms with Gasteiger partial charge in [0.25, 0.3) is 0 Å². The van der Waals surface area contributed by atoms with E-state index in [1.54, 1.807) is 0 Å². The zero-order valence-electron chi connectivity index (χ0n) is 6.21. The van der Waals surface area contributed by atoms with Gasteiger partial charge in [-0.25, -0.2) is 0 Å². The maximum absolute atomic E-state index is 8.14. The summed E-state index contributed by atoms with van der Waals surface area (Å²) >= 11 is 0. The van der Waals surface area contributed by atoms with Gasteiger partial charge < -0.3 is 19.3 Å². The topological polar surface area (TPSA) is 47.9 Å². The Bertz CT molecular complexity index is 49.7. The van der Waals surface area contributed by atoms with E-state index in [1.807, 2.05) is 6.92 Å². The molecule has 0 aliphatic carbocycles. The van der Waals surface area contributed by atoms with Gasteiger partial charge in [0.2, 0.25) is 0 Å². The molecule has 0 aliphatic rings. The SMILES string of the molecule is CCOCCOCOCO. The van der Waals surface area contributed by atoms with Crippen molar-refractivity contribution >= 4 is 0 Å². The van der Waals surface area contributed by atoms with Gasteiger partial charge in [-0.15, -0.1) is 0 Å². The molecule has 0 aromatic rings. The Hall–Kier alpha value is -0.160. The molecule has 0 fully saturated rings. The summed E-state index contributed by atoms with van der Waals surface area (Å²) in [7, 11) is 0. The normalized spacial score (nSPS) is 10.2. The standard InChI is InChI=1S/C6H14O4/c1-2-8-3-4-9-6-10-5-7/h7H,2-6H2,1H3. The van der Waals surface area contributed by atoms with Crippen LogP contribution in [0.4, 0.5) is 0 Å². The molecule has 1 N–H and O–H groups in total. The molecule has 0 aromatic heterocycles. The largest absolute Gasteiger partial charge is 0.379 e. The van der Waals surface area contributed by atoms with Gasteiger partial charge >= 0.3 is 0 Å². The van der Waals surface area contributed by atoms with Crippen molar-refractivity contribution in [3.05, 3.63) is 0 Å². The van der Waals surface area contributed by atoms with Gasteiger partial charge in [0.15, 0.2) is 0 Å². The Morgan fingerprint density at radius 1 is 1.10 bits per heavy atom. The number of aliphatic hydroxyl groups excluding tert-OH is 1. The Morgan fingerprint density at radius 2 is 1.80 bits per heavy atom. The summed E-state index contributed by atoms with van der Waals surface area (Å²) in [5.41, 5.74) is 0. The fraction of sp³-hybridized carbons (Fsp3) is 1.00. The molecule has 0 aromatic carbocycles. The first-order valence-corrected chi connectivity index (χ1v) is 3.26. The molecule has 0 saturated carbocycles. The Balaban J connectivity index is 2.65. The van der Waals surface area contributed by atoms with Crippen LogP contribution in [0, 0.1) is 0 Å². The van der Waals surface area contributed by atoms with Crippen molar-refractivity contribution in [2.75, 3.05) is 33.4 Å². The Labute approximate surface area is 60.7 Å². The van der Waals surface area contributed by atoms with Gasteiger partial charge in [-0.3, -0.25) is 0 Å². The quantitative estimate of drug-likeness (QED) is 0.409. The third kappa shape index (κ3) is 7.84. The minimum absolute atomic E-state index is 0.129. The second kappa shape index (κ2) is 8.84. The van der Waals surface area contributed by atoms with E-state index in [2.05, 4.69) is 4.74 Å². The minimum atomic E-state index is -0.297. The molecule has 4 heteroatoms. The molecule has 0 heterocycles. The van der Waals surface area contributed by atoms with Crippen LogP contribution < -0.4 is 0 Å². The highest BCUT2D eigenvalue weighted by atomic mass is 16.7. The number of rotatable bonds is 7. The van der Waals surface area contributed by atoms with E-state index >= 15 is 0 Å².